The Morgan fingerprint density at radius 2 is 2.00 bits per heavy atom. The maximum atomic E-state index is 5.96. The van der Waals surface area contributed by atoms with E-state index in [1.807, 2.05) is 37.6 Å². The van der Waals surface area contributed by atoms with E-state index in [0.717, 1.165) is 27.4 Å². The number of rotatable bonds is 0. The highest BCUT2D eigenvalue weighted by Gasteiger charge is 2.06. The minimum absolute atomic E-state index is 0.771. The molecule has 0 radical (unpaired) electrons. The van der Waals surface area contributed by atoms with Crippen LogP contribution in [0.25, 0.3) is 11.0 Å². The summed E-state index contributed by atoms with van der Waals surface area (Å²) < 4.78 is 2.05. The first kappa shape index (κ1) is 8.57. The second-order valence-corrected chi connectivity index (χ2v) is 3.74. The van der Waals surface area contributed by atoms with Crippen molar-refractivity contribution < 1.29 is 0 Å². The second-order valence-electron chi connectivity index (χ2n) is 3.31. The predicted octanol–water partition coefficient (Wildman–Crippen LogP) is 2.84. The van der Waals surface area contributed by atoms with Crippen LogP contribution in [-0.2, 0) is 7.05 Å². The highest BCUT2D eigenvalue weighted by molar-refractivity contribution is 6.31. The smallest absolute Gasteiger partial charge is 0.106 e. The van der Waals surface area contributed by atoms with Gasteiger partial charge in [-0.1, -0.05) is 11.6 Å². The van der Waals surface area contributed by atoms with Gasteiger partial charge in [-0.3, -0.25) is 0 Å². The van der Waals surface area contributed by atoms with Crippen LogP contribution < -0.4 is 0 Å². The van der Waals surface area contributed by atoms with Crippen molar-refractivity contribution in [2.75, 3.05) is 0 Å². The molecule has 0 aliphatic rings. The lowest BCUT2D eigenvalue weighted by molar-refractivity contribution is 0.886. The van der Waals surface area contributed by atoms with Crippen molar-refractivity contribution in [3.8, 4) is 0 Å². The average molecular weight is 195 g/mol. The quantitative estimate of drug-likeness (QED) is 0.631. The van der Waals surface area contributed by atoms with E-state index in [0.29, 0.717) is 0 Å². The van der Waals surface area contributed by atoms with Gasteiger partial charge >= 0.3 is 0 Å². The molecule has 2 nitrogen and oxygen atoms in total. The predicted molar refractivity (Wildman–Crippen MR) is 55.2 cm³/mol. The van der Waals surface area contributed by atoms with Crippen LogP contribution in [0.3, 0.4) is 0 Å². The van der Waals surface area contributed by atoms with E-state index in [1.165, 1.54) is 0 Å². The van der Waals surface area contributed by atoms with Gasteiger partial charge in [0.05, 0.1) is 11.0 Å². The molecule has 0 aliphatic heterocycles. The van der Waals surface area contributed by atoms with Gasteiger partial charge in [-0.25, -0.2) is 4.98 Å². The molecular weight excluding hydrogens is 184 g/mol. The number of hydrogen-bond donors (Lipinski definition) is 0. The Kier molecular flexibility index (Phi) is 1.81. The van der Waals surface area contributed by atoms with Gasteiger partial charge in [0.25, 0.3) is 0 Å². The third kappa shape index (κ3) is 1.22. The molecular formula is C10H11ClN2. The van der Waals surface area contributed by atoms with Crippen LogP contribution in [0.5, 0.6) is 0 Å². The van der Waals surface area contributed by atoms with Crippen molar-refractivity contribution in [2.45, 2.75) is 13.8 Å². The Balaban J connectivity index is 2.94. The third-order valence-electron chi connectivity index (χ3n) is 2.37. The first-order valence-electron chi connectivity index (χ1n) is 4.19. The highest BCUT2D eigenvalue weighted by atomic mass is 35.5. The molecule has 2 aromatic rings. The summed E-state index contributed by atoms with van der Waals surface area (Å²) in [6, 6.07) is 3.89. The molecule has 0 saturated heterocycles. The lowest BCUT2D eigenvalue weighted by Gasteiger charge is -1.98. The van der Waals surface area contributed by atoms with Crippen LogP contribution in [0.2, 0.25) is 5.02 Å². The lowest BCUT2D eigenvalue weighted by Crippen LogP contribution is -1.89. The zero-order chi connectivity index (χ0) is 9.59. The van der Waals surface area contributed by atoms with Crippen LogP contribution in [0.4, 0.5) is 0 Å². The molecule has 0 aliphatic carbocycles. The summed E-state index contributed by atoms with van der Waals surface area (Å²) in [6.45, 7) is 4.02. The number of nitrogens with zero attached hydrogens (tertiary/aromatic N) is 2. The SMILES string of the molecule is Cc1cc(Cl)cc2c1nc(C)n2C. The molecule has 1 aromatic carbocycles. The second kappa shape index (κ2) is 2.74. The zero-order valence-electron chi connectivity index (χ0n) is 7.93. The summed E-state index contributed by atoms with van der Waals surface area (Å²) in [7, 11) is 2.00. The van der Waals surface area contributed by atoms with Crippen molar-refractivity contribution in [1.29, 1.82) is 0 Å². The molecule has 0 saturated carbocycles. The maximum absolute atomic E-state index is 5.96. The van der Waals surface area contributed by atoms with Crippen molar-refractivity contribution in [3.63, 3.8) is 0 Å². The molecule has 3 heteroatoms. The van der Waals surface area contributed by atoms with Gasteiger partial charge < -0.3 is 4.57 Å². The number of aryl methyl sites for hydroxylation is 3. The molecule has 0 bridgehead atoms. The van der Waals surface area contributed by atoms with Gasteiger partial charge in [0.1, 0.15) is 5.82 Å². The highest BCUT2D eigenvalue weighted by Crippen LogP contribution is 2.23. The summed E-state index contributed by atoms with van der Waals surface area (Å²) in [6.07, 6.45) is 0. The Morgan fingerprint density at radius 1 is 1.31 bits per heavy atom. The van der Waals surface area contributed by atoms with E-state index < -0.39 is 0 Å². The molecule has 1 heterocycles. The standard InChI is InChI=1S/C10H11ClN2/c1-6-4-8(11)5-9-10(6)12-7(2)13(9)3/h4-5H,1-3H3. The first-order valence-corrected chi connectivity index (χ1v) is 4.56. The summed E-state index contributed by atoms with van der Waals surface area (Å²) in [5.74, 6) is 1.01. The van der Waals surface area contributed by atoms with Gasteiger partial charge in [0.15, 0.2) is 0 Å². The Hall–Kier alpha value is -1.02. The summed E-state index contributed by atoms with van der Waals surface area (Å²) in [5.41, 5.74) is 3.28. The van der Waals surface area contributed by atoms with Gasteiger partial charge in [0.2, 0.25) is 0 Å². The monoisotopic (exact) mass is 194 g/mol. The minimum atomic E-state index is 0.771. The third-order valence-corrected chi connectivity index (χ3v) is 2.58. The van der Waals surface area contributed by atoms with Crippen molar-refractivity contribution >= 4 is 22.6 Å². The molecule has 13 heavy (non-hydrogen) atoms. The first-order chi connectivity index (χ1) is 6.09. The number of aromatic nitrogens is 2. The number of benzene rings is 1. The van der Waals surface area contributed by atoms with Gasteiger partial charge in [-0.15, -0.1) is 0 Å². The molecule has 0 spiro atoms. The van der Waals surface area contributed by atoms with E-state index >= 15 is 0 Å². The van der Waals surface area contributed by atoms with Gasteiger partial charge in [-0.05, 0) is 31.5 Å². The fourth-order valence-electron chi connectivity index (χ4n) is 1.53. The van der Waals surface area contributed by atoms with Crippen LogP contribution in [0.1, 0.15) is 11.4 Å². The topological polar surface area (TPSA) is 17.8 Å². The van der Waals surface area contributed by atoms with Crippen LogP contribution >= 0.6 is 11.6 Å². The molecule has 0 atom stereocenters. The molecule has 0 amide bonds. The number of hydrogen-bond acceptors (Lipinski definition) is 1. The van der Waals surface area contributed by atoms with E-state index in [2.05, 4.69) is 4.98 Å². The fraction of sp³-hybridized carbons (Fsp3) is 0.300. The summed E-state index contributed by atoms with van der Waals surface area (Å²) in [5, 5.41) is 0.771. The fourth-order valence-corrected chi connectivity index (χ4v) is 1.80. The van der Waals surface area contributed by atoms with Crippen molar-refractivity contribution in [2.24, 2.45) is 7.05 Å². The van der Waals surface area contributed by atoms with E-state index in [-0.39, 0.29) is 0 Å². The Bertz CT molecular complexity index is 471. The zero-order valence-corrected chi connectivity index (χ0v) is 8.68. The summed E-state index contributed by atoms with van der Waals surface area (Å²) >= 11 is 5.96. The Labute approximate surface area is 82.1 Å². The summed E-state index contributed by atoms with van der Waals surface area (Å²) in [4.78, 5) is 4.46. The molecule has 2 rings (SSSR count). The van der Waals surface area contributed by atoms with E-state index in [1.54, 1.807) is 0 Å². The average Bonchev–Trinajstić information content (AvgIpc) is 2.32. The van der Waals surface area contributed by atoms with Gasteiger partial charge in [-0.2, -0.15) is 0 Å². The van der Waals surface area contributed by atoms with Crippen LogP contribution in [-0.4, -0.2) is 9.55 Å². The molecule has 0 N–H and O–H groups in total. The minimum Gasteiger partial charge on any atom is -0.331 e. The molecule has 0 unspecified atom stereocenters. The Morgan fingerprint density at radius 3 is 2.69 bits per heavy atom. The maximum Gasteiger partial charge on any atom is 0.106 e. The molecule has 68 valence electrons. The largest absolute Gasteiger partial charge is 0.331 e. The van der Waals surface area contributed by atoms with Crippen LogP contribution in [0.15, 0.2) is 12.1 Å². The van der Waals surface area contributed by atoms with E-state index in [4.69, 9.17) is 11.6 Å². The molecule has 1 aromatic heterocycles. The number of halogens is 1. The van der Waals surface area contributed by atoms with Crippen molar-refractivity contribution in [1.82, 2.24) is 9.55 Å². The van der Waals surface area contributed by atoms with Crippen LogP contribution in [0, 0.1) is 13.8 Å². The molecule has 0 fully saturated rings. The van der Waals surface area contributed by atoms with Crippen molar-refractivity contribution in [3.05, 3.63) is 28.5 Å². The van der Waals surface area contributed by atoms with Gasteiger partial charge in [0, 0.05) is 12.1 Å². The normalized spacial score (nSPS) is 11.1. The lowest BCUT2D eigenvalue weighted by atomic mass is 10.2. The number of imidazole rings is 1. The van der Waals surface area contributed by atoms with E-state index in [9.17, 15) is 0 Å². The number of fused-ring (bicyclic) bond motifs is 1.